The molecule has 0 aliphatic carbocycles. The maximum Gasteiger partial charge on any atom is 0.0603 e. The van der Waals surface area contributed by atoms with Crippen LogP contribution in [0.2, 0.25) is 0 Å². The second-order valence-electron chi connectivity index (χ2n) is 2.34. The molecular weight excluding hydrogens is 140 g/mol. The van der Waals surface area contributed by atoms with E-state index in [0.29, 0.717) is 6.54 Å². The Morgan fingerprint density at radius 3 is 2.64 bits per heavy atom. The molecule has 0 heterocycles. The molecule has 0 saturated carbocycles. The van der Waals surface area contributed by atoms with Crippen LogP contribution in [0.3, 0.4) is 0 Å². The lowest BCUT2D eigenvalue weighted by molar-refractivity contribution is 0.297. The van der Waals surface area contributed by atoms with Gasteiger partial charge in [-0.05, 0) is 19.9 Å². The molecular formula is C8H16N2O. The van der Waals surface area contributed by atoms with Gasteiger partial charge in [0, 0.05) is 25.0 Å². The van der Waals surface area contributed by atoms with Crippen molar-refractivity contribution in [2.24, 2.45) is 4.99 Å². The van der Waals surface area contributed by atoms with E-state index in [4.69, 9.17) is 5.11 Å². The predicted octanol–water partition coefficient (Wildman–Crippen LogP) is 0.563. The van der Waals surface area contributed by atoms with Crippen LogP contribution in [-0.2, 0) is 0 Å². The molecule has 64 valence electrons. The summed E-state index contributed by atoms with van der Waals surface area (Å²) >= 11 is 0. The van der Waals surface area contributed by atoms with Crippen LogP contribution in [0, 0.1) is 0 Å². The van der Waals surface area contributed by atoms with Gasteiger partial charge < -0.3 is 10.4 Å². The second kappa shape index (κ2) is 5.92. The summed E-state index contributed by atoms with van der Waals surface area (Å²) in [5.41, 5.74) is 2.01. The van der Waals surface area contributed by atoms with E-state index in [-0.39, 0.29) is 6.61 Å². The molecule has 2 N–H and O–H groups in total. The molecule has 0 unspecified atom stereocenters. The van der Waals surface area contributed by atoms with E-state index in [1.54, 1.807) is 7.05 Å². The molecule has 0 atom stereocenters. The summed E-state index contributed by atoms with van der Waals surface area (Å²) in [6.07, 6.45) is 1.94. The highest BCUT2D eigenvalue weighted by molar-refractivity contribution is 5.93. The van der Waals surface area contributed by atoms with Crippen LogP contribution in [0.15, 0.2) is 16.8 Å². The Labute approximate surface area is 67.8 Å². The average Bonchev–Trinajstić information content (AvgIpc) is 2.00. The number of hydrogen-bond donors (Lipinski definition) is 2. The molecule has 0 aromatic heterocycles. The summed E-state index contributed by atoms with van der Waals surface area (Å²) < 4.78 is 0. The molecule has 0 amide bonds. The lowest BCUT2D eigenvalue weighted by Crippen LogP contribution is -2.16. The third-order valence-corrected chi connectivity index (χ3v) is 1.29. The fraction of sp³-hybridized carbons (Fsp3) is 0.625. The van der Waals surface area contributed by atoms with Gasteiger partial charge in [-0.25, -0.2) is 0 Å². The normalized spacial score (nSPS) is 13.5. The van der Waals surface area contributed by atoms with Gasteiger partial charge in [-0.15, -0.1) is 0 Å². The fourth-order valence-electron chi connectivity index (χ4n) is 0.682. The molecule has 0 aromatic carbocycles. The zero-order chi connectivity index (χ0) is 8.69. The maximum atomic E-state index is 8.49. The van der Waals surface area contributed by atoms with Crippen molar-refractivity contribution in [1.82, 2.24) is 5.32 Å². The minimum Gasteiger partial charge on any atom is -0.395 e. The Morgan fingerprint density at radius 1 is 1.55 bits per heavy atom. The largest absolute Gasteiger partial charge is 0.395 e. The number of aliphatic hydroxyl groups is 1. The van der Waals surface area contributed by atoms with Crippen LogP contribution < -0.4 is 5.32 Å². The Bertz CT molecular complexity index is 161. The molecule has 0 bridgehead atoms. The van der Waals surface area contributed by atoms with Crippen molar-refractivity contribution in [2.45, 2.75) is 13.8 Å². The lowest BCUT2D eigenvalue weighted by Gasteiger charge is -2.02. The maximum absolute atomic E-state index is 8.49. The molecule has 0 aliphatic rings. The summed E-state index contributed by atoms with van der Waals surface area (Å²) in [5.74, 6) is 0. The zero-order valence-corrected chi connectivity index (χ0v) is 7.39. The fourth-order valence-corrected chi connectivity index (χ4v) is 0.682. The lowest BCUT2D eigenvalue weighted by atomic mass is 10.3. The third kappa shape index (κ3) is 5.61. The van der Waals surface area contributed by atoms with Gasteiger partial charge in [0.25, 0.3) is 0 Å². The predicted molar refractivity (Wildman–Crippen MR) is 47.9 cm³/mol. The summed E-state index contributed by atoms with van der Waals surface area (Å²) in [7, 11) is 1.76. The van der Waals surface area contributed by atoms with E-state index in [1.807, 2.05) is 19.9 Å². The van der Waals surface area contributed by atoms with Crippen LogP contribution in [0.5, 0.6) is 0 Å². The Hall–Kier alpha value is -0.830. The molecule has 11 heavy (non-hydrogen) atoms. The van der Waals surface area contributed by atoms with Crippen molar-refractivity contribution < 1.29 is 5.11 Å². The number of aliphatic imine (C=N–C) groups is 1. The highest BCUT2D eigenvalue weighted by atomic mass is 16.3. The topological polar surface area (TPSA) is 44.6 Å². The second-order valence-corrected chi connectivity index (χ2v) is 2.34. The van der Waals surface area contributed by atoms with E-state index < -0.39 is 0 Å². The molecule has 0 radical (unpaired) electrons. The highest BCUT2D eigenvalue weighted by Crippen LogP contribution is 1.87. The average molecular weight is 156 g/mol. The number of aliphatic hydroxyl groups excluding tert-OH is 1. The summed E-state index contributed by atoms with van der Waals surface area (Å²) in [6, 6.07) is 0. The van der Waals surface area contributed by atoms with Crippen molar-refractivity contribution in [1.29, 1.82) is 0 Å². The van der Waals surface area contributed by atoms with Crippen molar-refractivity contribution in [2.75, 3.05) is 20.2 Å². The molecule has 0 fully saturated rings. The number of nitrogens with zero attached hydrogens (tertiary/aromatic N) is 1. The molecule has 3 heteroatoms. The molecule has 3 nitrogen and oxygen atoms in total. The van der Waals surface area contributed by atoms with Crippen molar-refractivity contribution >= 4 is 5.71 Å². The van der Waals surface area contributed by atoms with Crippen LogP contribution in [0.1, 0.15) is 13.8 Å². The van der Waals surface area contributed by atoms with Crippen LogP contribution >= 0.6 is 0 Å². The minimum atomic E-state index is 0.160. The minimum absolute atomic E-state index is 0.160. The number of hydrogen-bond acceptors (Lipinski definition) is 3. The first-order chi connectivity index (χ1) is 5.20. The highest BCUT2D eigenvalue weighted by Gasteiger charge is 1.87. The number of nitrogens with one attached hydrogen (secondary N) is 1. The summed E-state index contributed by atoms with van der Waals surface area (Å²) in [6.45, 7) is 4.64. The zero-order valence-electron chi connectivity index (χ0n) is 7.39. The van der Waals surface area contributed by atoms with Gasteiger partial charge in [0.05, 0.1) is 6.61 Å². The van der Waals surface area contributed by atoms with E-state index in [2.05, 4.69) is 10.3 Å². The van der Waals surface area contributed by atoms with Gasteiger partial charge in [-0.2, -0.15) is 0 Å². The quantitative estimate of drug-likeness (QED) is 0.584. The standard InChI is InChI=1S/C8H16N2O/c1-7(9-3)6-8(2)10-4-5-11/h6,10-11H,4-5H2,1-3H3/b8-6-,9-7?. The van der Waals surface area contributed by atoms with Crippen LogP contribution in [-0.4, -0.2) is 31.0 Å². The smallest absolute Gasteiger partial charge is 0.0603 e. The first kappa shape index (κ1) is 10.2. The molecule has 0 aliphatic heterocycles. The van der Waals surface area contributed by atoms with Gasteiger partial charge in [0.15, 0.2) is 0 Å². The molecule has 0 aromatic rings. The van der Waals surface area contributed by atoms with Crippen molar-refractivity contribution in [3.8, 4) is 0 Å². The van der Waals surface area contributed by atoms with Crippen LogP contribution in [0.4, 0.5) is 0 Å². The first-order valence-corrected chi connectivity index (χ1v) is 3.67. The summed E-state index contributed by atoms with van der Waals surface area (Å²) in [5, 5.41) is 11.5. The van der Waals surface area contributed by atoms with Gasteiger partial charge >= 0.3 is 0 Å². The van der Waals surface area contributed by atoms with Gasteiger partial charge in [-0.1, -0.05) is 0 Å². The van der Waals surface area contributed by atoms with E-state index in [0.717, 1.165) is 11.4 Å². The Balaban J connectivity index is 3.80. The van der Waals surface area contributed by atoms with Gasteiger partial charge in [-0.3, -0.25) is 4.99 Å². The van der Waals surface area contributed by atoms with E-state index >= 15 is 0 Å². The molecule has 0 saturated heterocycles. The number of rotatable bonds is 4. The Kier molecular flexibility index (Phi) is 5.47. The number of allylic oxidation sites excluding steroid dienone is 2. The summed E-state index contributed by atoms with van der Waals surface area (Å²) in [4.78, 5) is 3.97. The molecule has 0 spiro atoms. The molecule has 0 rings (SSSR count). The van der Waals surface area contributed by atoms with Crippen molar-refractivity contribution in [3.63, 3.8) is 0 Å². The van der Waals surface area contributed by atoms with Crippen molar-refractivity contribution in [3.05, 3.63) is 11.8 Å². The van der Waals surface area contributed by atoms with E-state index in [9.17, 15) is 0 Å². The Morgan fingerprint density at radius 2 is 2.18 bits per heavy atom. The first-order valence-electron chi connectivity index (χ1n) is 3.67. The SMILES string of the molecule is CN=C(C)/C=C(/C)NCCO. The van der Waals surface area contributed by atoms with Crippen LogP contribution in [0.25, 0.3) is 0 Å². The van der Waals surface area contributed by atoms with E-state index in [1.165, 1.54) is 0 Å². The third-order valence-electron chi connectivity index (χ3n) is 1.29. The van der Waals surface area contributed by atoms with Gasteiger partial charge in [0.1, 0.15) is 0 Å². The van der Waals surface area contributed by atoms with Gasteiger partial charge in [0.2, 0.25) is 0 Å². The monoisotopic (exact) mass is 156 g/mol.